The highest BCUT2D eigenvalue weighted by molar-refractivity contribution is 6.04. The first-order valence-corrected chi connectivity index (χ1v) is 6.99. The van der Waals surface area contributed by atoms with Crippen LogP contribution >= 0.6 is 0 Å². The van der Waals surface area contributed by atoms with Gasteiger partial charge >= 0.3 is 0 Å². The molecular formula is C17H16N4O. The lowest BCUT2D eigenvalue weighted by molar-refractivity contribution is 0.102. The predicted molar refractivity (Wildman–Crippen MR) is 85.2 cm³/mol. The molecule has 1 aromatic carbocycles. The van der Waals surface area contributed by atoms with E-state index in [1.54, 1.807) is 29.2 Å². The summed E-state index contributed by atoms with van der Waals surface area (Å²) >= 11 is 0. The van der Waals surface area contributed by atoms with Crippen LogP contribution in [0, 0.1) is 13.8 Å². The average molecular weight is 292 g/mol. The summed E-state index contributed by atoms with van der Waals surface area (Å²) in [6.45, 7) is 3.90. The fraction of sp³-hybridized carbons (Fsp3) is 0.118. The zero-order chi connectivity index (χ0) is 15.5. The van der Waals surface area contributed by atoms with E-state index in [1.165, 1.54) is 0 Å². The Hall–Kier alpha value is -2.95. The lowest BCUT2D eigenvalue weighted by atomic mass is 10.2. The van der Waals surface area contributed by atoms with Crippen molar-refractivity contribution < 1.29 is 4.79 Å². The lowest BCUT2D eigenvalue weighted by Gasteiger charge is -2.07. The second kappa shape index (κ2) is 5.81. The van der Waals surface area contributed by atoms with E-state index in [9.17, 15) is 4.79 Å². The van der Waals surface area contributed by atoms with Gasteiger partial charge in [0.1, 0.15) is 5.82 Å². The van der Waals surface area contributed by atoms with E-state index in [4.69, 9.17) is 0 Å². The van der Waals surface area contributed by atoms with Gasteiger partial charge in [-0.05, 0) is 43.7 Å². The zero-order valence-electron chi connectivity index (χ0n) is 12.4. The number of aromatic nitrogens is 3. The van der Waals surface area contributed by atoms with Crippen molar-refractivity contribution in [1.82, 2.24) is 14.8 Å². The monoisotopic (exact) mass is 292 g/mol. The molecule has 0 radical (unpaired) electrons. The van der Waals surface area contributed by atoms with Gasteiger partial charge in [0.25, 0.3) is 5.91 Å². The Bertz CT molecular complexity index is 809. The molecule has 22 heavy (non-hydrogen) atoms. The molecule has 0 saturated heterocycles. The third-order valence-corrected chi connectivity index (χ3v) is 3.41. The van der Waals surface area contributed by atoms with Crippen LogP contribution in [0.1, 0.15) is 21.6 Å². The van der Waals surface area contributed by atoms with E-state index in [0.717, 1.165) is 16.9 Å². The number of amides is 1. The van der Waals surface area contributed by atoms with Crippen molar-refractivity contribution in [3.8, 4) is 5.69 Å². The Labute approximate surface area is 128 Å². The predicted octanol–water partition coefficient (Wildman–Crippen LogP) is 3.14. The summed E-state index contributed by atoms with van der Waals surface area (Å²) in [6.07, 6.45) is 3.22. The van der Waals surface area contributed by atoms with Crippen LogP contribution in [0.4, 0.5) is 5.82 Å². The number of rotatable bonds is 3. The van der Waals surface area contributed by atoms with Crippen LogP contribution in [0.2, 0.25) is 0 Å². The maximum atomic E-state index is 12.3. The van der Waals surface area contributed by atoms with Crippen molar-refractivity contribution in [2.75, 3.05) is 5.32 Å². The Morgan fingerprint density at radius 2 is 2.00 bits per heavy atom. The topological polar surface area (TPSA) is 59.8 Å². The molecule has 0 spiro atoms. The molecule has 0 saturated carbocycles. The third-order valence-electron chi connectivity index (χ3n) is 3.41. The van der Waals surface area contributed by atoms with Gasteiger partial charge in [0, 0.05) is 6.20 Å². The summed E-state index contributed by atoms with van der Waals surface area (Å²) in [6, 6.07) is 13.4. The molecule has 0 aliphatic carbocycles. The maximum absolute atomic E-state index is 12.3. The molecule has 0 unspecified atom stereocenters. The third kappa shape index (κ3) is 2.74. The molecule has 5 heteroatoms. The fourth-order valence-corrected chi connectivity index (χ4v) is 2.27. The lowest BCUT2D eigenvalue weighted by Crippen LogP contribution is -2.13. The van der Waals surface area contributed by atoms with Crippen LogP contribution in [-0.4, -0.2) is 20.7 Å². The van der Waals surface area contributed by atoms with Gasteiger partial charge in [-0.25, -0.2) is 9.67 Å². The van der Waals surface area contributed by atoms with Gasteiger partial charge in [-0.3, -0.25) is 4.79 Å². The van der Waals surface area contributed by atoms with Crippen LogP contribution in [0.15, 0.2) is 54.9 Å². The largest absolute Gasteiger partial charge is 0.306 e. The summed E-state index contributed by atoms with van der Waals surface area (Å²) in [5, 5.41) is 7.10. The van der Waals surface area contributed by atoms with Crippen LogP contribution in [0.25, 0.3) is 5.69 Å². The van der Waals surface area contributed by atoms with Gasteiger partial charge in [-0.15, -0.1) is 0 Å². The number of pyridine rings is 1. The molecule has 2 heterocycles. The molecule has 1 N–H and O–H groups in total. The second-order valence-corrected chi connectivity index (χ2v) is 5.06. The van der Waals surface area contributed by atoms with Crippen LogP contribution in [0.5, 0.6) is 0 Å². The van der Waals surface area contributed by atoms with E-state index < -0.39 is 0 Å². The number of hydrogen-bond acceptors (Lipinski definition) is 3. The van der Waals surface area contributed by atoms with Gasteiger partial charge in [0.05, 0.1) is 23.1 Å². The highest BCUT2D eigenvalue weighted by Gasteiger charge is 2.15. The van der Waals surface area contributed by atoms with Crippen molar-refractivity contribution in [3.63, 3.8) is 0 Å². The van der Waals surface area contributed by atoms with Gasteiger partial charge < -0.3 is 5.32 Å². The minimum atomic E-state index is -0.213. The van der Waals surface area contributed by atoms with Crippen molar-refractivity contribution in [1.29, 1.82) is 0 Å². The Morgan fingerprint density at radius 3 is 2.73 bits per heavy atom. The normalized spacial score (nSPS) is 10.5. The summed E-state index contributed by atoms with van der Waals surface area (Å²) in [5.74, 6) is 0.310. The van der Waals surface area contributed by atoms with E-state index in [1.807, 2.05) is 44.2 Å². The van der Waals surface area contributed by atoms with Crippen molar-refractivity contribution >= 4 is 11.7 Å². The standard InChI is InChI=1S/C17H16N4O/c1-12-6-5-7-14(10-12)21-13(2)15(11-19-21)17(22)20-16-8-3-4-9-18-16/h3-11H,1-2H3,(H,18,20,22). The number of carbonyl (C=O) groups is 1. The highest BCUT2D eigenvalue weighted by atomic mass is 16.1. The van der Waals surface area contributed by atoms with Crippen LogP contribution in [-0.2, 0) is 0 Å². The van der Waals surface area contributed by atoms with Crippen LogP contribution in [0.3, 0.4) is 0 Å². The zero-order valence-corrected chi connectivity index (χ0v) is 12.4. The molecule has 0 aliphatic heterocycles. The van der Waals surface area contributed by atoms with Gasteiger partial charge in [0.2, 0.25) is 0 Å². The molecular weight excluding hydrogens is 276 g/mol. The molecule has 0 atom stereocenters. The summed E-state index contributed by atoms with van der Waals surface area (Å²) in [7, 11) is 0. The van der Waals surface area contributed by atoms with E-state index >= 15 is 0 Å². The number of benzene rings is 1. The molecule has 1 amide bonds. The Morgan fingerprint density at radius 1 is 1.14 bits per heavy atom. The van der Waals surface area contributed by atoms with Crippen molar-refractivity contribution in [2.24, 2.45) is 0 Å². The van der Waals surface area contributed by atoms with E-state index in [2.05, 4.69) is 15.4 Å². The van der Waals surface area contributed by atoms with Crippen molar-refractivity contribution in [2.45, 2.75) is 13.8 Å². The number of anilines is 1. The van der Waals surface area contributed by atoms with Crippen molar-refractivity contribution in [3.05, 3.63) is 71.7 Å². The molecule has 110 valence electrons. The van der Waals surface area contributed by atoms with Gasteiger partial charge in [0.15, 0.2) is 0 Å². The number of aryl methyl sites for hydroxylation is 1. The number of carbonyl (C=O) groups excluding carboxylic acids is 1. The molecule has 0 aliphatic rings. The summed E-state index contributed by atoms with van der Waals surface area (Å²) in [4.78, 5) is 16.4. The fourth-order valence-electron chi connectivity index (χ4n) is 2.27. The molecule has 2 aromatic heterocycles. The Kier molecular flexibility index (Phi) is 3.70. The first-order valence-electron chi connectivity index (χ1n) is 6.99. The maximum Gasteiger partial charge on any atom is 0.260 e. The minimum Gasteiger partial charge on any atom is -0.306 e. The number of hydrogen-bond donors (Lipinski definition) is 1. The highest BCUT2D eigenvalue weighted by Crippen LogP contribution is 2.16. The van der Waals surface area contributed by atoms with Gasteiger partial charge in [-0.2, -0.15) is 5.10 Å². The Balaban J connectivity index is 1.89. The smallest absolute Gasteiger partial charge is 0.260 e. The first-order chi connectivity index (χ1) is 10.6. The molecule has 0 fully saturated rings. The van der Waals surface area contributed by atoms with Gasteiger partial charge in [-0.1, -0.05) is 18.2 Å². The first kappa shape index (κ1) is 14.0. The minimum absolute atomic E-state index is 0.213. The second-order valence-electron chi connectivity index (χ2n) is 5.06. The van der Waals surface area contributed by atoms with E-state index in [-0.39, 0.29) is 5.91 Å². The summed E-state index contributed by atoms with van der Waals surface area (Å²) < 4.78 is 1.76. The summed E-state index contributed by atoms with van der Waals surface area (Å²) in [5.41, 5.74) is 3.41. The number of nitrogens with zero attached hydrogens (tertiary/aromatic N) is 3. The quantitative estimate of drug-likeness (QED) is 0.806. The van der Waals surface area contributed by atoms with E-state index in [0.29, 0.717) is 11.4 Å². The molecule has 5 nitrogen and oxygen atoms in total. The van der Waals surface area contributed by atoms with Crippen LogP contribution < -0.4 is 5.32 Å². The number of nitrogens with one attached hydrogen (secondary N) is 1. The molecule has 3 aromatic rings. The average Bonchev–Trinajstić information content (AvgIpc) is 2.90. The molecule has 3 rings (SSSR count). The SMILES string of the molecule is Cc1cccc(-n2ncc(C(=O)Nc3ccccn3)c2C)c1. The molecule has 0 bridgehead atoms.